The van der Waals surface area contributed by atoms with Crippen LogP contribution in [0, 0.1) is 0 Å². The van der Waals surface area contributed by atoms with Crippen molar-refractivity contribution in [3.05, 3.63) is 12.2 Å². The zero-order chi connectivity index (χ0) is 9.15. The summed E-state index contributed by atoms with van der Waals surface area (Å²) in [5, 5.41) is 0. The smallest absolute Gasteiger partial charge is 0.169 e. The number of carbonyl (C=O) groups excluding carboxylic acids is 1. The Hall–Kier alpha value is -0.670. The summed E-state index contributed by atoms with van der Waals surface area (Å²) in [5.74, 6) is -0.132. The van der Waals surface area contributed by atoms with Gasteiger partial charge in [-0.3, -0.25) is 4.79 Å². The van der Waals surface area contributed by atoms with Crippen LogP contribution in [-0.4, -0.2) is 24.8 Å². The van der Waals surface area contributed by atoms with Crippen molar-refractivity contribution in [2.24, 2.45) is 0 Å². The zero-order valence-corrected chi connectivity index (χ0v) is 7.62. The first-order valence-electron chi connectivity index (χ1n) is 4.75. The highest BCUT2D eigenvalue weighted by Crippen LogP contribution is 2.32. The van der Waals surface area contributed by atoms with E-state index in [0.717, 1.165) is 0 Å². The van der Waals surface area contributed by atoms with E-state index in [-0.39, 0.29) is 0 Å². The topological polar surface area (TPSA) is 35.5 Å². The molecule has 13 heavy (non-hydrogen) atoms. The third-order valence-electron chi connectivity index (χ3n) is 2.62. The largest absolute Gasteiger partial charge is 0.346 e. The zero-order valence-electron chi connectivity index (χ0n) is 7.62. The van der Waals surface area contributed by atoms with Gasteiger partial charge < -0.3 is 9.47 Å². The van der Waals surface area contributed by atoms with E-state index in [4.69, 9.17) is 9.47 Å². The van der Waals surface area contributed by atoms with Crippen molar-refractivity contribution >= 4 is 5.78 Å². The van der Waals surface area contributed by atoms with Gasteiger partial charge in [0.05, 0.1) is 13.2 Å². The van der Waals surface area contributed by atoms with Crippen molar-refractivity contribution in [3.63, 3.8) is 0 Å². The molecule has 0 aromatic rings. The van der Waals surface area contributed by atoms with Crippen LogP contribution >= 0.6 is 0 Å². The molecule has 0 amide bonds. The van der Waals surface area contributed by atoms with Crippen molar-refractivity contribution < 1.29 is 14.3 Å². The first-order chi connectivity index (χ1) is 6.31. The fourth-order valence-corrected chi connectivity index (χ4v) is 1.78. The number of hydrogen-bond donors (Lipinski definition) is 0. The Labute approximate surface area is 77.7 Å². The summed E-state index contributed by atoms with van der Waals surface area (Å²) in [5.41, 5.74) is 0. The van der Waals surface area contributed by atoms with Crippen LogP contribution in [0.4, 0.5) is 0 Å². The van der Waals surface area contributed by atoms with Gasteiger partial charge in [-0.05, 0) is 0 Å². The fraction of sp³-hybridized carbons (Fsp3) is 0.700. The predicted octanol–water partition coefficient (Wildman–Crippen LogP) is 1.43. The van der Waals surface area contributed by atoms with Gasteiger partial charge in [-0.15, -0.1) is 0 Å². The molecule has 0 aromatic heterocycles. The summed E-state index contributed by atoms with van der Waals surface area (Å²) in [4.78, 5) is 11.0. The summed E-state index contributed by atoms with van der Waals surface area (Å²) in [6, 6.07) is 0. The van der Waals surface area contributed by atoms with Gasteiger partial charge in [-0.1, -0.05) is 12.2 Å². The van der Waals surface area contributed by atoms with E-state index in [1.54, 1.807) is 0 Å². The van der Waals surface area contributed by atoms with Gasteiger partial charge in [-0.25, -0.2) is 0 Å². The van der Waals surface area contributed by atoms with Crippen molar-refractivity contribution in [2.75, 3.05) is 13.2 Å². The van der Waals surface area contributed by atoms with E-state index in [0.29, 0.717) is 44.7 Å². The van der Waals surface area contributed by atoms with Gasteiger partial charge in [0.1, 0.15) is 5.78 Å². The molecule has 0 radical (unpaired) electrons. The molecule has 2 rings (SSSR count). The van der Waals surface area contributed by atoms with E-state index in [1.165, 1.54) is 0 Å². The second kappa shape index (κ2) is 3.60. The van der Waals surface area contributed by atoms with Crippen LogP contribution in [-0.2, 0) is 14.3 Å². The van der Waals surface area contributed by atoms with Gasteiger partial charge in [0.2, 0.25) is 0 Å². The second-order valence-electron chi connectivity index (χ2n) is 3.54. The molecule has 1 aliphatic heterocycles. The number of rotatable bonds is 0. The predicted molar refractivity (Wildman–Crippen MR) is 47.3 cm³/mol. The first-order valence-corrected chi connectivity index (χ1v) is 4.75. The van der Waals surface area contributed by atoms with Crippen molar-refractivity contribution in [1.29, 1.82) is 0 Å². The van der Waals surface area contributed by atoms with Gasteiger partial charge in [0.25, 0.3) is 0 Å². The number of ketones is 1. The molecule has 0 aromatic carbocycles. The van der Waals surface area contributed by atoms with Gasteiger partial charge >= 0.3 is 0 Å². The molecule has 3 nitrogen and oxygen atoms in total. The quantitative estimate of drug-likeness (QED) is 0.531. The van der Waals surface area contributed by atoms with Crippen LogP contribution in [0.3, 0.4) is 0 Å². The normalized spacial score (nSPS) is 27.5. The molecule has 2 aliphatic rings. The van der Waals surface area contributed by atoms with Gasteiger partial charge in [-0.2, -0.15) is 0 Å². The standard InChI is InChI=1S/C10H14O3/c11-9-3-5-10(6-4-9)12-7-1-2-8-13-10/h1-2H,3-8H2. The summed E-state index contributed by atoms with van der Waals surface area (Å²) in [7, 11) is 0. The fourth-order valence-electron chi connectivity index (χ4n) is 1.78. The molecule has 1 fully saturated rings. The average Bonchev–Trinajstić information content (AvgIpc) is 2.37. The van der Waals surface area contributed by atoms with E-state index < -0.39 is 5.79 Å². The highest BCUT2D eigenvalue weighted by Gasteiger charge is 2.36. The lowest BCUT2D eigenvalue weighted by Crippen LogP contribution is -2.39. The van der Waals surface area contributed by atoms with Crippen LogP contribution in [0.1, 0.15) is 25.7 Å². The molecule has 72 valence electrons. The Bertz CT molecular complexity index is 210. The molecule has 1 saturated carbocycles. The van der Waals surface area contributed by atoms with E-state index in [2.05, 4.69) is 0 Å². The van der Waals surface area contributed by atoms with E-state index in [1.807, 2.05) is 12.2 Å². The summed E-state index contributed by atoms with van der Waals surface area (Å²) >= 11 is 0. The minimum Gasteiger partial charge on any atom is -0.346 e. The summed E-state index contributed by atoms with van der Waals surface area (Å²) in [6.45, 7) is 1.21. The lowest BCUT2D eigenvalue weighted by Gasteiger charge is -2.34. The molecular formula is C10H14O3. The van der Waals surface area contributed by atoms with Crippen molar-refractivity contribution in [2.45, 2.75) is 31.5 Å². The molecular weight excluding hydrogens is 168 g/mol. The van der Waals surface area contributed by atoms with Crippen LogP contribution in [0.15, 0.2) is 12.2 Å². The molecule has 3 heteroatoms. The lowest BCUT2D eigenvalue weighted by molar-refractivity contribution is -0.235. The molecule has 0 unspecified atom stereocenters. The molecule has 1 spiro atoms. The highest BCUT2D eigenvalue weighted by molar-refractivity contribution is 5.79. The highest BCUT2D eigenvalue weighted by atomic mass is 16.7. The van der Waals surface area contributed by atoms with Crippen molar-refractivity contribution in [1.82, 2.24) is 0 Å². The van der Waals surface area contributed by atoms with Crippen LogP contribution < -0.4 is 0 Å². The summed E-state index contributed by atoms with van der Waals surface area (Å²) < 4.78 is 11.2. The third-order valence-corrected chi connectivity index (χ3v) is 2.62. The third kappa shape index (κ3) is 1.98. The van der Waals surface area contributed by atoms with Gasteiger partial charge in [0.15, 0.2) is 5.79 Å². The first kappa shape index (κ1) is 8.91. The number of carbonyl (C=O) groups is 1. The maximum atomic E-state index is 11.0. The Morgan fingerprint density at radius 2 is 1.62 bits per heavy atom. The summed E-state index contributed by atoms with van der Waals surface area (Å²) in [6.07, 6.45) is 6.55. The van der Waals surface area contributed by atoms with Crippen LogP contribution in [0.2, 0.25) is 0 Å². The maximum Gasteiger partial charge on any atom is 0.169 e. The van der Waals surface area contributed by atoms with Crippen LogP contribution in [0.5, 0.6) is 0 Å². The maximum absolute atomic E-state index is 11.0. The van der Waals surface area contributed by atoms with E-state index >= 15 is 0 Å². The molecule has 1 heterocycles. The SMILES string of the molecule is O=C1CCC2(CC1)OCC=CCO2. The van der Waals surface area contributed by atoms with E-state index in [9.17, 15) is 4.79 Å². The average molecular weight is 182 g/mol. The second-order valence-corrected chi connectivity index (χ2v) is 3.54. The lowest BCUT2D eigenvalue weighted by atomic mass is 9.93. The Kier molecular flexibility index (Phi) is 2.47. The Balaban J connectivity index is 1.99. The molecule has 1 aliphatic carbocycles. The Morgan fingerprint density at radius 1 is 1.08 bits per heavy atom. The minimum atomic E-state index is -0.461. The minimum absolute atomic E-state index is 0.329. The van der Waals surface area contributed by atoms with Crippen LogP contribution in [0.25, 0.3) is 0 Å². The van der Waals surface area contributed by atoms with Crippen molar-refractivity contribution in [3.8, 4) is 0 Å². The Morgan fingerprint density at radius 3 is 2.15 bits per heavy atom. The molecule has 0 saturated heterocycles. The molecule has 0 bridgehead atoms. The monoisotopic (exact) mass is 182 g/mol. The number of hydrogen-bond acceptors (Lipinski definition) is 3. The number of Topliss-reactive ketones (excluding diaryl/α,β-unsaturated/α-hetero) is 1. The number of ether oxygens (including phenoxy) is 2. The molecule has 0 N–H and O–H groups in total. The molecule has 0 atom stereocenters. The van der Waals surface area contributed by atoms with Gasteiger partial charge in [0, 0.05) is 25.7 Å².